The zero-order valence-corrected chi connectivity index (χ0v) is 11.4. The quantitative estimate of drug-likeness (QED) is 0.227. The minimum Gasteiger partial charge on any atom is -0.465 e. The van der Waals surface area contributed by atoms with Crippen LogP contribution in [-0.4, -0.2) is 37.7 Å². The van der Waals surface area contributed by atoms with Crippen LogP contribution >= 0.6 is 0 Å². The van der Waals surface area contributed by atoms with Gasteiger partial charge in [-0.3, -0.25) is 9.79 Å². The van der Waals surface area contributed by atoms with E-state index < -0.39 is 0 Å². The first-order valence-electron chi connectivity index (χ1n) is 6.57. The van der Waals surface area contributed by atoms with Gasteiger partial charge in [-0.2, -0.15) is 0 Å². The fourth-order valence-electron chi connectivity index (χ4n) is 1.50. The van der Waals surface area contributed by atoms with Gasteiger partial charge in [0.1, 0.15) is 6.04 Å². The molecule has 106 valence electrons. The van der Waals surface area contributed by atoms with E-state index in [4.69, 9.17) is 16.2 Å². The van der Waals surface area contributed by atoms with E-state index in [2.05, 4.69) is 17.2 Å². The smallest absolute Gasteiger partial charge is 0.323 e. The van der Waals surface area contributed by atoms with Gasteiger partial charge in [-0.25, -0.2) is 0 Å². The summed E-state index contributed by atoms with van der Waals surface area (Å²) in [6.45, 7) is 5.68. The van der Waals surface area contributed by atoms with Crippen molar-refractivity contribution in [1.29, 1.82) is 0 Å². The summed E-state index contributed by atoms with van der Waals surface area (Å²) in [7, 11) is 0. The number of carbonyl (C=O) groups is 1. The molecule has 0 rings (SSSR count). The molecule has 0 aliphatic heterocycles. The van der Waals surface area contributed by atoms with Crippen molar-refractivity contribution in [1.82, 2.24) is 5.32 Å². The fourth-order valence-corrected chi connectivity index (χ4v) is 1.50. The summed E-state index contributed by atoms with van der Waals surface area (Å²) in [5, 5.41) is 3.21. The largest absolute Gasteiger partial charge is 0.465 e. The molecule has 5 N–H and O–H groups in total. The van der Waals surface area contributed by atoms with Gasteiger partial charge in [0.2, 0.25) is 0 Å². The van der Waals surface area contributed by atoms with Crippen LogP contribution in [0.5, 0.6) is 0 Å². The summed E-state index contributed by atoms with van der Waals surface area (Å²) in [6.07, 6.45) is 3.57. The maximum Gasteiger partial charge on any atom is 0.323 e. The molecule has 0 aromatic rings. The summed E-state index contributed by atoms with van der Waals surface area (Å²) < 4.78 is 5.03. The summed E-state index contributed by atoms with van der Waals surface area (Å²) in [5.41, 5.74) is 10.5. The van der Waals surface area contributed by atoms with Crippen molar-refractivity contribution >= 4 is 11.9 Å². The highest BCUT2D eigenvalue weighted by atomic mass is 16.5. The molecule has 0 aromatic carbocycles. The number of ether oxygens (including phenoxy) is 1. The average Bonchev–Trinajstić information content (AvgIpc) is 2.32. The minimum atomic E-state index is -0.259. The van der Waals surface area contributed by atoms with Crippen LogP contribution in [0.15, 0.2) is 4.99 Å². The Balaban J connectivity index is 4.03. The maximum absolute atomic E-state index is 11.7. The third-order valence-electron chi connectivity index (χ3n) is 2.44. The molecule has 6 heteroatoms. The van der Waals surface area contributed by atoms with Gasteiger partial charge in [-0.1, -0.05) is 13.3 Å². The standard InChI is InChI=1S/C12H26N4O2/c1-3-5-8-15-10(11(17)18-4-2)7-6-9-16-12(13)14/h10,15H,3-9H2,1-2H3,(H4,13,14,16)/t10-/m0/s1. The van der Waals surface area contributed by atoms with E-state index in [1.54, 1.807) is 6.92 Å². The van der Waals surface area contributed by atoms with Gasteiger partial charge in [0.05, 0.1) is 6.61 Å². The van der Waals surface area contributed by atoms with E-state index >= 15 is 0 Å². The molecule has 0 heterocycles. The molecule has 0 saturated carbocycles. The van der Waals surface area contributed by atoms with E-state index in [1.165, 1.54) is 0 Å². The van der Waals surface area contributed by atoms with Crippen molar-refractivity contribution in [2.24, 2.45) is 16.5 Å². The number of esters is 1. The van der Waals surface area contributed by atoms with Gasteiger partial charge in [-0.15, -0.1) is 0 Å². The fraction of sp³-hybridized carbons (Fsp3) is 0.833. The molecule has 0 aliphatic carbocycles. The second kappa shape index (κ2) is 10.8. The first kappa shape index (κ1) is 16.7. The third kappa shape index (κ3) is 8.81. The number of hydrogen-bond donors (Lipinski definition) is 3. The van der Waals surface area contributed by atoms with Crippen molar-refractivity contribution in [2.45, 2.75) is 45.6 Å². The lowest BCUT2D eigenvalue weighted by atomic mass is 10.1. The number of hydrogen-bond acceptors (Lipinski definition) is 4. The van der Waals surface area contributed by atoms with Crippen LogP contribution in [0, 0.1) is 0 Å². The molecule has 0 fully saturated rings. The lowest BCUT2D eigenvalue weighted by Crippen LogP contribution is -2.38. The number of guanidine groups is 1. The van der Waals surface area contributed by atoms with Crippen molar-refractivity contribution < 1.29 is 9.53 Å². The molecule has 18 heavy (non-hydrogen) atoms. The molecule has 0 saturated heterocycles. The summed E-state index contributed by atoms with van der Waals surface area (Å²) in [4.78, 5) is 15.6. The topological polar surface area (TPSA) is 103 Å². The molecule has 0 bridgehead atoms. The lowest BCUT2D eigenvalue weighted by molar-refractivity contribution is -0.145. The lowest BCUT2D eigenvalue weighted by Gasteiger charge is -2.16. The van der Waals surface area contributed by atoms with Gasteiger partial charge in [0.15, 0.2) is 5.96 Å². The number of nitrogens with two attached hydrogens (primary N) is 2. The Morgan fingerprint density at radius 2 is 2.06 bits per heavy atom. The molecule has 0 radical (unpaired) electrons. The first-order chi connectivity index (χ1) is 8.61. The van der Waals surface area contributed by atoms with Crippen LogP contribution in [0.25, 0.3) is 0 Å². The average molecular weight is 258 g/mol. The van der Waals surface area contributed by atoms with Crippen LogP contribution < -0.4 is 16.8 Å². The van der Waals surface area contributed by atoms with Crippen molar-refractivity contribution in [3.05, 3.63) is 0 Å². The Labute approximate surface area is 109 Å². The monoisotopic (exact) mass is 258 g/mol. The van der Waals surface area contributed by atoms with Crippen LogP contribution in [0.1, 0.15) is 39.5 Å². The summed E-state index contributed by atoms with van der Waals surface area (Å²) >= 11 is 0. The summed E-state index contributed by atoms with van der Waals surface area (Å²) in [6, 6.07) is -0.259. The Morgan fingerprint density at radius 1 is 1.33 bits per heavy atom. The normalized spacial score (nSPS) is 11.9. The molecule has 0 spiro atoms. The predicted molar refractivity (Wildman–Crippen MR) is 73.2 cm³/mol. The number of unbranched alkanes of at least 4 members (excludes halogenated alkanes) is 1. The SMILES string of the molecule is CCCCN[C@@H](CCCN=C(N)N)C(=O)OCC. The van der Waals surface area contributed by atoms with Gasteiger partial charge in [0, 0.05) is 6.54 Å². The molecular weight excluding hydrogens is 232 g/mol. The van der Waals surface area contributed by atoms with Gasteiger partial charge in [-0.05, 0) is 32.7 Å². The van der Waals surface area contributed by atoms with Crippen molar-refractivity contribution in [2.75, 3.05) is 19.7 Å². The van der Waals surface area contributed by atoms with E-state index in [-0.39, 0.29) is 18.0 Å². The highest BCUT2D eigenvalue weighted by Gasteiger charge is 2.17. The number of rotatable bonds is 10. The summed E-state index contributed by atoms with van der Waals surface area (Å²) in [5.74, 6) is -0.111. The van der Waals surface area contributed by atoms with Crippen LogP contribution in [-0.2, 0) is 9.53 Å². The highest BCUT2D eigenvalue weighted by molar-refractivity contribution is 5.76. The minimum absolute atomic E-state index is 0.0848. The molecule has 0 aliphatic rings. The molecular formula is C12H26N4O2. The Morgan fingerprint density at radius 3 is 2.61 bits per heavy atom. The van der Waals surface area contributed by atoms with Crippen LogP contribution in [0.2, 0.25) is 0 Å². The molecule has 6 nitrogen and oxygen atoms in total. The Hall–Kier alpha value is -1.30. The highest BCUT2D eigenvalue weighted by Crippen LogP contribution is 2.01. The predicted octanol–water partition coefficient (Wildman–Crippen LogP) is 0.361. The number of aliphatic imine (C=N–C) groups is 1. The van der Waals surface area contributed by atoms with E-state index in [0.717, 1.165) is 25.8 Å². The first-order valence-corrected chi connectivity index (χ1v) is 6.57. The second-order valence-corrected chi connectivity index (χ2v) is 4.06. The molecule has 0 unspecified atom stereocenters. The molecule has 1 atom stereocenters. The zero-order chi connectivity index (χ0) is 13.8. The van der Waals surface area contributed by atoms with Gasteiger partial charge in [0.25, 0.3) is 0 Å². The zero-order valence-electron chi connectivity index (χ0n) is 11.4. The molecule has 0 amide bonds. The van der Waals surface area contributed by atoms with E-state index in [1.807, 2.05) is 0 Å². The number of carbonyl (C=O) groups excluding carboxylic acids is 1. The Kier molecular flexibility index (Phi) is 10.0. The van der Waals surface area contributed by atoms with Crippen LogP contribution in [0.4, 0.5) is 0 Å². The maximum atomic E-state index is 11.7. The van der Waals surface area contributed by atoms with Gasteiger partial charge < -0.3 is 21.5 Å². The van der Waals surface area contributed by atoms with Crippen molar-refractivity contribution in [3.8, 4) is 0 Å². The van der Waals surface area contributed by atoms with Crippen molar-refractivity contribution in [3.63, 3.8) is 0 Å². The van der Waals surface area contributed by atoms with E-state index in [9.17, 15) is 4.79 Å². The van der Waals surface area contributed by atoms with Crippen LogP contribution in [0.3, 0.4) is 0 Å². The Bertz CT molecular complexity index is 252. The van der Waals surface area contributed by atoms with E-state index in [0.29, 0.717) is 19.6 Å². The second-order valence-electron chi connectivity index (χ2n) is 4.06. The third-order valence-corrected chi connectivity index (χ3v) is 2.44. The number of nitrogens with zero attached hydrogens (tertiary/aromatic N) is 1. The molecule has 0 aromatic heterocycles. The van der Waals surface area contributed by atoms with Gasteiger partial charge >= 0.3 is 5.97 Å². The number of nitrogens with one attached hydrogen (secondary N) is 1.